The Balaban J connectivity index is 0. The van der Waals surface area contributed by atoms with Gasteiger partial charge in [-0.3, -0.25) is 0 Å². The summed E-state index contributed by atoms with van der Waals surface area (Å²) in [6.45, 7) is 1.93. The van der Waals surface area contributed by atoms with E-state index in [1.807, 2.05) is 0 Å². The zero-order valence-corrected chi connectivity index (χ0v) is 7.51. The molecule has 0 aliphatic rings. The van der Waals surface area contributed by atoms with Gasteiger partial charge >= 0.3 is 31.0 Å². The summed E-state index contributed by atoms with van der Waals surface area (Å²) < 4.78 is 0. The molecule has 0 aromatic heterocycles. The molecule has 0 fully saturated rings. The number of aliphatic hydroxyl groups is 1. The van der Waals surface area contributed by atoms with Gasteiger partial charge in [0.2, 0.25) is 0 Å². The van der Waals surface area contributed by atoms with Gasteiger partial charge in [0.15, 0.2) is 0 Å². The summed E-state index contributed by atoms with van der Waals surface area (Å²) in [5.74, 6) is 0. The minimum atomic E-state index is 0.230. The molecule has 0 aliphatic heterocycles. The van der Waals surface area contributed by atoms with E-state index in [0.717, 1.165) is 0 Å². The minimum absolute atomic E-state index is 0.230. The third-order valence-corrected chi connectivity index (χ3v) is 0. The SMILES string of the molecule is CCO.[CH3][Sn][CH3]. The molecule has 1 N–H and O–H groups in total. The Morgan fingerprint density at radius 2 is 1.50 bits per heavy atom. The standard InChI is InChI=1S/C2H6O.2CH3.Sn/c1-2-3;;;/h3H,2H2,1H3;2*1H3;. The van der Waals surface area contributed by atoms with E-state index in [2.05, 4.69) is 9.88 Å². The van der Waals surface area contributed by atoms with Crippen LogP contribution in [0.4, 0.5) is 0 Å². The molecule has 0 heterocycles. The fourth-order valence-electron chi connectivity index (χ4n) is 0. The first-order valence-corrected chi connectivity index (χ1v) is 7.73. The van der Waals surface area contributed by atoms with Gasteiger partial charge in [0.25, 0.3) is 0 Å². The molecule has 0 saturated heterocycles. The van der Waals surface area contributed by atoms with Crippen LogP contribution in [0.2, 0.25) is 9.88 Å². The van der Waals surface area contributed by atoms with Crippen LogP contribution in [0.1, 0.15) is 6.92 Å². The van der Waals surface area contributed by atoms with Crippen molar-refractivity contribution >= 4 is 21.1 Å². The molecule has 38 valence electrons. The summed E-state index contributed by atoms with van der Waals surface area (Å²) in [5, 5.41) is 7.57. The number of aliphatic hydroxyl groups excluding tert-OH is 1. The molecule has 0 aliphatic carbocycles. The van der Waals surface area contributed by atoms with Crippen molar-refractivity contribution in [3.05, 3.63) is 0 Å². The van der Waals surface area contributed by atoms with Gasteiger partial charge in [-0.1, -0.05) is 0 Å². The van der Waals surface area contributed by atoms with Crippen LogP contribution in [0, 0.1) is 0 Å². The van der Waals surface area contributed by atoms with Crippen molar-refractivity contribution in [3.8, 4) is 0 Å². The van der Waals surface area contributed by atoms with Gasteiger partial charge in [0, 0.05) is 6.61 Å². The van der Waals surface area contributed by atoms with Crippen molar-refractivity contribution < 1.29 is 5.11 Å². The monoisotopic (exact) mass is 196 g/mol. The molecule has 0 rings (SSSR count). The Kier molecular flexibility index (Phi) is 28.3. The van der Waals surface area contributed by atoms with E-state index < -0.39 is 0 Å². The molecule has 1 nitrogen and oxygen atoms in total. The molecule has 2 radical (unpaired) electrons. The summed E-state index contributed by atoms with van der Waals surface area (Å²) in [7, 11) is 0. The fourth-order valence-corrected chi connectivity index (χ4v) is 0. The van der Waals surface area contributed by atoms with E-state index in [9.17, 15) is 0 Å². The maximum atomic E-state index is 7.57. The van der Waals surface area contributed by atoms with E-state index >= 15 is 0 Å². The van der Waals surface area contributed by atoms with E-state index in [4.69, 9.17) is 5.11 Å². The van der Waals surface area contributed by atoms with E-state index in [1.54, 1.807) is 6.92 Å². The molecule has 0 aromatic carbocycles. The predicted molar refractivity (Wildman–Crippen MR) is 30.2 cm³/mol. The maximum absolute atomic E-state index is 7.57. The van der Waals surface area contributed by atoms with E-state index in [0.29, 0.717) is 0 Å². The Labute approximate surface area is 50.0 Å². The second-order valence-corrected chi connectivity index (χ2v) is 3.67. The number of hydrogen-bond acceptors (Lipinski definition) is 1. The van der Waals surface area contributed by atoms with Crippen LogP contribution in [0.5, 0.6) is 0 Å². The average molecular weight is 195 g/mol. The van der Waals surface area contributed by atoms with Crippen LogP contribution in [-0.2, 0) is 0 Å². The van der Waals surface area contributed by atoms with Crippen molar-refractivity contribution in [2.24, 2.45) is 0 Å². The molecule has 0 amide bonds. The summed E-state index contributed by atoms with van der Waals surface area (Å²) in [6, 6.07) is 0. The van der Waals surface area contributed by atoms with Crippen molar-refractivity contribution in [2.75, 3.05) is 6.61 Å². The van der Waals surface area contributed by atoms with Crippen molar-refractivity contribution in [3.63, 3.8) is 0 Å². The molecule has 2 heteroatoms. The van der Waals surface area contributed by atoms with Crippen LogP contribution in [-0.4, -0.2) is 32.9 Å². The van der Waals surface area contributed by atoms with Gasteiger partial charge in [0.1, 0.15) is 0 Å². The molecule has 0 bridgehead atoms. The predicted octanol–water partition coefficient (Wildman–Crippen LogP) is 0.785. The molecular formula is C4H12OSn. The molecule has 6 heavy (non-hydrogen) atoms. The summed E-state index contributed by atoms with van der Waals surface area (Å²) >= 11 is 0.230. The van der Waals surface area contributed by atoms with Crippen LogP contribution in [0.3, 0.4) is 0 Å². The molecular weight excluding hydrogens is 183 g/mol. The average Bonchev–Trinajstić information content (AvgIpc) is 1.39. The van der Waals surface area contributed by atoms with Crippen LogP contribution in [0.15, 0.2) is 0 Å². The summed E-state index contributed by atoms with van der Waals surface area (Å²) in [6.07, 6.45) is 0. The van der Waals surface area contributed by atoms with Crippen molar-refractivity contribution in [1.82, 2.24) is 0 Å². The van der Waals surface area contributed by atoms with Crippen molar-refractivity contribution in [1.29, 1.82) is 0 Å². The van der Waals surface area contributed by atoms with Gasteiger partial charge < -0.3 is 5.11 Å². The third-order valence-electron chi connectivity index (χ3n) is 0. The molecule has 0 atom stereocenters. The van der Waals surface area contributed by atoms with E-state index in [1.165, 1.54) is 0 Å². The topological polar surface area (TPSA) is 20.2 Å². The molecule has 0 spiro atoms. The van der Waals surface area contributed by atoms with Gasteiger partial charge in [-0.25, -0.2) is 0 Å². The number of rotatable bonds is 0. The number of hydrogen-bond donors (Lipinski definition) is 1. The Morgan fingerprint density at radius 1 is 1.50 bits per heavy atom. The Hall–Kier alpha value is 0.759. The van der Waals surface area contributed by atoms with Crippen LogP contribution < -0.4 is 0 Å². The first-order chi connectivity index (χ1) is 2.83. The second-order valence-electron chi connectivity index (χ2n) is 0.816. The molecule has 0 unspecified atom stereocenters. The van der Waals surface area contributed by atoms with Crippen molar-refractivity contribution in [2.45, 2.75) is 16.8 Å². The first kappa shape index (κ1) is 9.90. The van der Waals surface area contributed by atoms with Crippen LogP contribution in [0.25, 0.3) is 0 Å². The summed E-state index contributed by atoms with van der Waals surface area (Å²) in [5.41, 5.74) is 0. The quantitative estimate of drug-likeness (QED) is 0.566. The second kappa shape index (κ2) is 17.1. The van der Waals surface area contributed by atoms with Crippen LogP contribution >= 0.6 is 0 Å². The van der Waals surface area contributed by atoms with Gasteiger partial charge in [-0.05, 0) is 6.92 Å². The van der Waals surface area contributed by atoms with Gasteiger partial charge in [-0.2, -0.15) is 0 Å². The van der Waals surface area contributed by atoms with Gasteiger partial charge in [0.05, 0.1) is 0 Å². The molecule has 0 saturated carbocycles. The first-order valence-electron chi connectivity index (χ1n) is 2.02. The van der Waals surface area contributed by atoms with E-state index in [-0.39, 0.29) is 27.7 Å². The zero-order chi connectivity index (χ0) is 5.41. The Bertz CT molecular complexity index is 9.51. The normalized spacial score (nSPS) is 6.00. The summed E-state index contributed by atoms with van der Waals surface area (Å²) in [4.78, 5) is 4.59. The Morgan fingerprint density at radius 3 is 1.50 bits per heavy atom. The van der Waals surface area contributed by atoms with Gasteiger partial charge in [-0.15, -0.1) is 0 Å². The fraction of sp³-hybridized carbons (Fsp3) is 1.00. The molecule has 0 aromatic rings. The zero-order valence-electron chi connectivity index (χ0n) is 4.65. The third kappa shape index (κ3) is 117.